The van der Waals surface area contributed by atoms with Crippen LogP contribution in [0.3, 0.4) is 0 Å². The van der Waals surface area contributed by atoms with Gasteiger partial charge in [-0.05, 0) is 50.6 Å². The van der Waals surface area contributed by atoms with Crippen LogP contribution in [0.1, 0.15) is 43.7 Å². The lowest BCUT2D eigenvalue weighted by Crippen LogP contribution is -2.32. The molecule has 2 rings (SSSR count). The SMILES string of the molecule is C[C@H](N)C(=O)CC(CCCCN)C(=O)Nc1ccc(C#Cc2c(F)c(F)nc(F)c2F)cc1. The van der Waals surface area contributed by atoms with E-state index in [1.807, 2.05) is 0 Å². The Morgan fingerprint density at radius 1 is 1.03 bits per heavy atom. The summed E-state index contributed by atoms with van der Waals surface area (Å²) in [4.78, 5) is 27.2. The summed E-state index contributed by atoms with van der Waals surface area (Å²) in [6, 6.07) is 5.20. The van der Waals surface area contributed by atoms with E-state index in [9.17, 15) is 27.2 Å². The van der Waals surface area contributed by atoms with E-state index < -0.39 is 41.1 Å². The Morgan fingerprint density at radius 3 is 2.18 bits per heavy atom. The van der Waals surface area contributed by atoms with Crippen LogP contribution in [0.4, 0.5) is 23.2 Å². The van der Waals surface area contributed by atoms with Crippen LogP contribution in [0, 0.1) is 41.3 Å². The molecule has 5 N–H and O–H groups in total. The maximum atomic E-state index is 13.6. The first-order chi connectivity index (χ1) is 15.6. The van der Waals surface area contributed by atoms with Crippen LogP contribution in [-0.2, 0) is 9.59 Å². The highest BCUT2D eigenvalue weighted by molar-refractivity contribution is 5.96. The fraction of sp³-hybridized carbons (Fsp3) is 0.348. The minimum absolute atomic E-state index is 0.00775. The number of amides is 1. The van der Waals surface area contributed by atoms with Crippen molar-refractivity contribution in [3.8, 4) is 11.8 Å². The molecular formula is C23H24F4N4O2. The molecule has 1 unspecified atom stereocenters. The summed E-state index contributed by atoms with van der Waals surface area (Å²) in [5.41, 5.74) is 10.7. The number of rotatable bonds is 9. The van der Waals surface area contributed by atoms with Crippen molar-refractivity contribution in [2.45, 2.75) is 38.6 Å². The molecule has 0 aliphatic rings. The monoisotopic (exact) mass is 464 g/mol. The molecule has 0 radical (unpaired) electrons. The van der Waals surface area contributed by atoms with Gasteiger partial charge in [-0.25, -0.2) is 8.78 Å². The van der Waals surface area contributed by atoms with Crippen LogP contribution < -0.4 is 16.8 Å². The minimum Gasteiger partial charge on any atom is -0.330 e. The zero-order valence-electron chi connectivity index (χ0n) is 17.9. The van der Waals surface area contributed by atoms with Gasteiger partial charge in [0.25, 0.3) is 11.9 Å². The van der Waals surface area contributed by atoms with Crippen molar-refractivity contribution < 1.29 is 27.2 Å². The van der Waals surface area contributed by atoms with Crippen molar-refractivity contribution in [1.29, 1.82) is 0 Å². The molecule has 0 saturated carbocycles. The molecule has 1 heterocycles. The Morgan fingerprint density at radius 2 is 1.64 bits per heavy atom. The van der Waals surface area contributed by atoms with Gasteiger partial charge in [0.1, 0.15) is 11.3 Å². The highest BCUT2D eigenvalue weighted by Crippen LogP contribution is 2.19. The number of pyridine rings is 1. The minimum atomic E-state index is -1.79. The Labute approximate surface area is 188 Å². The molecule has 0 bridgehead atoms. The average Bonchev–Trinajstić information content (AvgIpc) is 2.78. The number of carbonyl (C=O) groups excluding carboxylic acids is 2. The lowest BCUT2D eigenvalue weighted by molar-refractivity contribution is -0.126. The van der Waals surface area contributed by atoms with Gasteiger partial charge in [0, 0.05) is 23.6 Å². The number of carbonyl (C=O) groups is 2. The number of nitrogens with two attached hydrogens (primary N) is 2. The maximum Gasteiger partial charge on any atom is 0.253 e. The van der Waals surface area contributed by atoms with Gasteiger partial charge in [-0.1, -0.05) is 18.3 Å². The van der Waals surface area contributed by atoms with Crippen LogP contribution in [0.15, 0.2) is 24.3 Å². The molecule has 0 aliphatic carbocycles. The fourth-order valence-corrected chi connectivity index (χ4v) is 2.90. The lowest BCUT2D eigenvalue weighted by atomic mass is 9.93. The molecule has 10 heteroatoms. The van der Waals surface area contributed by atoms with Crippen molar-refractivity contribution in [3.05, 3.63) is 58.9 Å². The molecular weight excluding hydrogens is 440 g/mol. The summed E-state index contributed by atoms with van der Waals surface area (Å²) in [5, 5.41) is 2.71. The highest BCUT2D eigenvalue weighted by Gasteiger charge is 2.23. The van der Waals surface area contributed by atoms with E-state index in [1.54, 1.807) is 6.92 Å². The standard InChI is InChI=1S/C23H24F4N4O2/c1-13(29)18(32)12-15(4-2-3-11-28)23(33)30-16-8-5-14(6-9-16)7-10-17-19(24)21(26)31-22(27)20(17)25/h5-6,8-9,13,15H,2-4,11-12,28-29H2,1H3,(H,30,33)/t13-,15?/m0/s1. The molecule has 0 aliphatic heterocycles. The van der Waals surface area contributed by atoms with Crippen LogP contribution in [0.5, 0.6) is 0 Å². The predicted molar refractivity (Wildman–Crippen MR) is 115 cm³/mol. The van der Waals surface area contributed by atoms with Crippen LogP contribution in [0.25, 0.3) is 0 Å². The molecule has 1 aromatic carbocycles. The third kappa shape index (κ3) is 7.37. The summed E-state index contributed by atoms with van der Waals surface area (Å²) in [7, 11) is 0. The van der Waals surface area contributed by atoms with E-state index in [0.29, 0.717) is 25.1 Å². The van der Waals surface area contributed by atoms with Gasteiger partial charge in [0.2, 0.25) is 5.91 Å². The number of hydrogen-bond acceptors (Lipinski definition) is 5. The number of nitrogens with one attached hydrogen (secondary N) is 1. The normalized spacial score (nSPS) is 12.5. The molecule has 1 aromatic heterocycles. The third-order valence-corrected chi connectivity index (χ3v) is 4.81. The molecule has 1 amide bonds. The number of halogens is 4. The van der Waals surface area contributed by atoms with Gasteiger partial charge in [0.15, 0.2) is 11.6 Å². The number of nitrogens with zero attached hydrogens (tertiary/aromatic N) is 1. The van der Waals surface area contributed by atoms with E-state index >= 15 is 0 Å². The van der Waals surface area contributed by atoms with Crippen molar-refractivity contribution in [1.82, 2.24) is 4.98 Å². The molecule has 0 spiro atoms. The summed E-state index contributed by atoms with van der Waals surface area (Å²) in [6.45, 7) is 2.04. The Kier molecular flexibility index (Phi) is 9.51. The molecule has 6 nitrogen and oxygen atoms in total. The average molecular weight is 464 g/mol. The lowest BCUT2D eigenvalue weighted by Gasteiger charge is -2.17. The van der Waals surface area contributed by atoms with Crippen LogP contribution in [-0.4, -0.2) is 29.3 Å². The highest BCUT2D eigenvalue weighted by atomic mass is 19.2. The number of ketones is 1. The predicted octanol–water partition coefficient (Wildman–Crippen LogP) is 3.03. The maximum absolute atomic E-state index is 13.6. The van der Waals surface area contributed by atoms with E-state index in [0.717, 1.165) is 6.42 Å². The number of aromatic nitrogens is 1. The Balaban J connectivity index is 2.13. The van der Waals surface area contributed by atoms with Crippen molar-refractivity contribution in [2.24, 2.45) is 17.4 Å². The summed E-state index contributed by atoms with van der Waals surface area (Å²) in [6.07, 6.45) is 1.88. The van der Waals surface area contributed by atoms with Crippen molar-refractivity contribution in [2.75, 3.05) is 11.9 Å². The van der Waals surface area contributed by atoms with Crippen LogP contribution in [0.2, 0.25) is 0 Å². The summed E-state index contributed by atoms with van der Waals surface area (Å²) >= 11 is 0. The zero-order chi connectivity index (χ0) is 24.5. The Bertz CT molecular complexity index is 1040. The van der Waals surface area contributed by atoms with Crippen molar-refractivity contribution in [3.63, 3.8) is 0 Å². The number of unbranched alkanes of at least 4 members (excludes halogenated alkanes) is 1. The second kappa shape index (κ2) is 12.1. The smallest absolute Gasteiger partial charge is 0.253 e. The topological polar surface area (TPSA) is 111 Å². The van der Waals surface area contributed by atoms with Gasteiger partial charge < -0.3 is 16.8 Å². The Hall–Kier alpha value is -3.29. The van der Waals surface area contributed by atoms with Gasteiger partial charge in [-0.2, -0.15) is 13.8 Å². The number of anilines is 1. The zero-order valence-corrected chi connectivity index (χ0v) is 17.9. The fourth-order valence-electron chi connectivity index (χ4n) is 2.90. The van der Waals surface area contributed by atoms with Crippen molar-refractivity contribution >= 4 is 17.4 Å². The first-order valence-electron chi connectivity index (χ1n) is 10.2. The van der Waals surface area contributed by atoms with Gasteiger partial charge in [-0.15, -0.1) is 0 Å². The first-order valence-corrected chi connectivity index (χ1v) is 10.2. The number of benzene rings is 1. The molecule has 2 aromatic rings. The van der Waals surface area contributed by atoms with E-state index in [1.165, 1.54) is 24.3 Å². The first kappa shape index (κ1) is 26.0. The summed E-state index contributed by atoms with van der Waals surface area (Å²) < 4.78 is 53.6. The van der Waals surface area contributed by atoms with Gasteiger partial charge >= 0.3 is 0 Å². The second-order valence-corrected chi connectivity index (χ2v) is 7.45. The van der Waals surface area contributed by atoms with E-state index in [2.05, 4.69) is 22.1 Å². The molecule has 176 valence electrons. The van der Waals surface area contributed by atoms with Gasteiger partial charge in [-0.3, -0.25) is 9.59 Å². The second-order valence-electron chi connectivity index (χ2n) is 7.45. The summed E-state index contributed by atoms with van der Waals surface area (Å²) in [5.74, 6) is -3.66. The number of hydrogen-bond donors (Lipinski definition) is 3. The molecule has 2 atom stereocenters. The van der Waals surface area contributed by atoms with Gasteiger partial charge in [0.05, 0.1) is 6.04 Å². The number of Topliss-reactive ketones (excluding diaryl/α,β-unsaturated/α-hetero) is 1. The quantitative estimate of drug-likeness (QED) is 0.229. The third-order valence-electron chi connectivity index (χ3n) is 4.81. The largest absolute Gasteiger partial charge is 0.330 e. The molecule has 0 saturated heterocycles. The molecule has 33 heavy (non-hydrogen) atoms. The van der Waals surface area contributed by atoms with E-state index in [4.69, 9.17) is 11.5 Å². The van der Waals surface area contributed by atoms with Crippen LogP contribution >= 0.6 is 0 Å². The molecule has 0 fully saturated rings. The van der Waals surface area contributed by atoms with E-state index in [-0.39, 0.29) is 23.7 Å².